The van der Waals surface area contributed by atoms with Crippen LogP contribution in [0, 0.1) is 0 Å². The second-order valence-corrected chi connectivity index (χ2v) is 9.52. The van der Waals surface area contributed by atoms with Crippen molar-refractivity contribution >= 4 is 23.9 Å². The van der Waals surface area contributed by atoms with Gasteiger partial charge < -0.3 is 29.9 Å². The molecule has 0 heterocycles. The molecule has 10 nitrogen and oxygen atoms in total. The smallest absolute Gasteiger partial charge is 0.411 e. The van der Waals surface area contributed by atoms with E-state index >= 15 is 26.3 Å². The zero-order valence-electron chi connectivity index (χ0n) is 23.1. The number of alkyl halides is 6. The van der Waals surface area contributed by atoms with Crippen LogP contribution in [0.25, 0.3) is 0 Å². The first-order chi connectivity index (χ1) is 21.9. The Kier molecular flexibility index (Phi) is 8.91. The molecule has 4 aromatic carbocycles. The summed E-state index contributed by atoms with van der Waals surface area (Å²) in [4.78, 5) is 47.1. The van der Waals surface area contributed by atoms with Crippen molar-refractivity contribution in [2.45, 2.75) is 17.8 Å². The number of hydrogen-bond donors (Lipinski definition) is 4. The van der Waals surface area contributed by atoms with Crippen molar-refractivity contribution in [1.29, 1.82) is 0 Å². The van der Waals surface area contributed by atoms with E-state index in [4.69, 9.17) is 9.47 Å². The van der Waals surface area contributed by atoms with Gasteiger partial charge in [0.15, 0.2) is 0 Å². The highest BCUT2D eigenvalue weighted by molar-refractivity contribution is 6.04. The lowest BCUT2D eigenvalue weighted by atomic mass is 9.72. The Hall–Kier alpha value is -6.06. The molecule has 4 rings (SSSR count). The van der Waals surface area contributed by atoms with Crippen molar-refractivity contribution in [3.8, 4) is 23.0 Å². The molecule has 0 fully saturated rings. The molecule has 0 spiro atoms. The van der Waals surface area contributed by atoms with Crippen molar-refractivity contribution in [3.05, 3.63) is 118 Å². The molecule has 0 aliphatic carbocycles. The van der Waals surface area contributed by atoms with Crippen LogP contribution in [0.4, 0.5) is 26.3 Å². The third kappa shape index (κ3) is 5.99. The number of benzene rings is 4. The Morgan fingerprint density at radius 2 is 0.766 bits per heavy atom. The zero-order valence-corrected chi connectivity index (χ0v) is 23.1. The van der Waals surface area contributed by atoms with Crippen LogP contribution >= 0.6 is 0 Å². The molecule has 0 aliphatic rings. The summed E-state index contributed by atoms with van der Waals surface area (Å²) in [6, 6.07) is 11.0. The van der Waals surface area contributed by atoms with Crippen LogP contribution in [0.15, 0.2) is 84.9 Å². The first kappa shape index (κ1) is 33.8. The van der Waals surface area contributed by atoms with E-state index in [0.29, 0.717) is 24.3 Å². The maximum absolute atomic E-state index is 15.3. The number of halogens is 6. The Morgan fingerprint density at radius 1 is 0.447 bits per heavy atom. The molecule has 0 aromatic heterocycles. The van der Waals surface area contributed by atoms with Gasteiger partial charge in [0.05, 0.1) is 11.1 Å². The minimum absolute atomic E-state index is 0.405. The van der Waals surface area contributed by atoms with Crippen molar-refractivity contribution in [3.63, 3.8) is 0 Å². The number of carboxylic acids is 4. The van der Waals surface area contributed by atoms with Crippen LogP contribution in [0.2, 0.25) is 0 Å². The number of ether oxygens (including phenoxy) is 2. The standard InChI is InChI=1S/C31H18F6O10/c32-30(33,34)29(31(35,36)37,17-9-1-3-11-19(17)46-21-13-5-7-15(25(38)39)23(21)27(42)43)18-10-2-4-12-20(18)47-22-14-6-8-16(26(40)41)24(22)28(44)45/h1-14H,(H,38,39)(H,40,41)(H,42,43)(H,44,45). The van der Waals surface area contributed by atoms with E-state index in [1.807, 2.05) is 0 Å². The average Bonchev–Trinajstić information content (AvgIpc) is 2.97. The second-order valence-electron chi connectivity index (χ2n) is 9.52. The summed E-state index contributed by atoms with van der Waals surface area (Å²) in [5, 5.41) is 38.1. The Morgan fingerprint density at radius 3 is 1.06 bits per heavy atom. The Bertz CT molecular complexity index is 1760. The Balaban J connectivity index is 2.06. The predicted molar refractivity (Wildman–Crippen MR) is 147 cm³/mol. The minimum atomic E-state index is -6.28. The second kappa shape index (κ2) is 12.4. The molecule has 0 unspecified atom stereocenters. The van der Waals surface area contributed by atoms with E-state index in [1.54, 1.807) is 0 Å². The van der Waals surface area contributed by atoms with Crippen LogP contribution in [-0.4, -0.2) is 56.7 Å². The quantitative estimate of drug-likeness (QED) is 0.125. The molecule has 0 radical (unpaired) electrons. The molecule has 4 N–H and O–H groups in total. The molecule has 0 bridgehead atoms. The molecule has 0 saturated heterocycles. The SMILES string of the molecule is O=C(O)c1cccc(Oc2ccccc2C(c2ccccc2Oc2cccc(C(=O)O)c2C(=O)O)(C(F)(F)F)C(F)(F)F)c1C(=O)O. The van der Waals surface area contributed by atoms with E-state index < -0.39 is 98.0 Å². The summed E-state index contributed by atoms with van der Waals surface area (Å²) in [5.74, 6) is -11.5. The van der Waals surface area contributed by atoms with E-state index in [1.165, 1.54) is 0 Å². The highest BCUT2D eigenvalue weighted by atomic mass is 19.4. The molecule has 0 amide bonds. The van der Waals surface area contributed by atoms with E-state index in [2.05, 4.69) is 0 Å². The Labute approximate surface area is 258 Å². The number of rotatable bonds is 10. The maximum Gasteiger partial charge on any atom is 0.411 e. The van der Waals surface area contributed by atoms with Gasteiger partial charge in [0.25, 0.3) is 0 Å². The maximum atomic E-state index is 15.3. The highest BCUT2D eigenvalue weighted by Crippen LogP contribution is 2.60. The summed E-state index contributed by atoms with van der Waals surface area (Å²) in [6.07, 6.45) is -12.6. The molecule has 244 valence electrons. The van der Waals surface area contributed by atoms with Crippen molar-refractivity contribution < 1.29 is 75.4 Å². The van der Waals surface area contributed by atoms with E-state index in [-0.39, 0.29) is 0 Å². The topological polar surface area (TPSA) is 168 Å². The fraction of sp³-hybridized carbons (Fsp3) is 0.0968. The fourth-order valence-electron chi connectivity index (χ4n) is 4.91. The fourth-order valence-corrected chi connectivity index (χ4v) is 4.91. The van der Waals surface area contributed by atoms with Gasteiger partial charge in [-0.2, -0.15) is 26.3 Å². The third-order valence-electron chi connectivity index (χ3n) is 6.81. The van der Waals surface area contributed by atoms with Crippen LogP contribution in [0.5, 0.6) is 23.0 Å². The molecule has 0 saturated carbocycles. The van der Waals surface area contributed by atoms with Gasteiger partial charge in [-0.25, -0.2) is 19.2 Å². The van der Waals surface area contributed by atoms with Gasteiger partial charge in [-0.3, -0.25) is 0 Å². The molecule has 0 aliphatic heterocycles. The van der Waals surface area contributed by atoms with Gasteiger partial charge in [-0.1, -0.05) is 48.5 Å². The minimum Gasteiger partial charge on any atom is -0.478 e. The van der Waals surface area contributed by atoms with Crippen LogP contribution in [-0.2, 0) is 5.41 Å². The molecule has 47 heavy (non-hydrogen) atoms. The summed E-state index contributed by atoms with van der Waals surface area (Å²) in [5.41, 5.74) is -12.2. The third-order valence-corrected chi connectivity index (χ3v) is 6.81. The zero-order chi connectivity index (χ0) is 34.9. The van der Waals surface area contributed by atoms with Gasteiger partial charge in [0.1, 0.15) is 34.1 Å². The lowest BCUT2D eigenvalue weighted by Gasteiger charge is -2.39. The van der Waals surface area contributed by atoms with Gasteiger partial charge in [-0.15, -0.1) is 0 Å². The lowest BCUT2D eigenvalue weighted by Crippen LogP contribution is -2.55. The van der Waals surface area contributed by atoms with Gasteiger partial charge in [0, 0.05) is 11.1 Å². The van der Waals surface area contributed by atoms with Crippen molar-refractivity contribution in [2.75, 3.05) is 0 Å². The summed E-state index contributed by atoms with van der Waals surface area (Å²) in [6.45, 7) is 0. The first-order valence-electron chi connectivity index (χ1n) is 12.8. The predicted octanol–water partition coefficient (Wildman–Crippen LogP) is 7.47. The van der Waals surface area contributed by atoms with Crippen LogP contribution in [0.3, 0.4) is 0 Å². The number of carboxylic acid groups (broad SMARTS) is 4. The van der Waals surface area contributed by atoms with E-state index in [0.717, 1.165) is 60.7 Å². The van der Waals surface area contributed by atoms with Gasteiger partial charge >= 0.3 is 36.2 Å². The summed E-state index contributed by atoms with van der Waals surface area (Å²) < 4.78 is 102. The highest BCUT2D eigenvalue weighted by Gasteiger charge is 2.74. The van der Waals surface area contributed by atoms with Crippen LogP contribution < -0.4 is 9.47 Å². The summed E-state index contributed by atoms with van der Waals surface area (Å²) >= 11 is 0. The number of para-hydroxylation sites is 2. The molecular formula is C31H18F6O10. The summed E-state index contributed by atoms with van der Waals surface area (Å²) in [7, 11) is 0. The van der Waals surface area contributed by atoms with Gasteiger partial charge in [0.2, 0.25) is 5.41 Å². The molecule has 0 atom stereocenters. The number of aromatic carboxylic acids is 4. The normalized spacial score (nSPS) is 11.9. The molecular weight excluding hydrogens is 646 g/mol. The van der Waals surface area contributed by atoms with Gasteiger partial charge in [-0.05, 0) is 36.4 Å². The monoisotopic (exact) mass is 664 g/mol. The molecule has 16 heteroatoms. The lowest BCUT2D eigenvalue weighted by molar-refractivity contribution is -0.289. The van der Waals surface area contributed by atoms with Crippen LogP contribution in [0.1, 0.15) is 52.6 Å². The van der Waals surface area contributed by atoms with Crippen molar-refractivity contribution in [1.82, 2.24) is 0 Å². The largest absolute Gasteiger partial charge is 0.478 e. The number of carbonyl (C=O) groups is 4. The van der Waals surface area contributed by atoms with E-state index in [9.17, 15) is 39.6 Å². The molecule has 4 aromatic rings. The first-order valence-corrected chi connectivity index (χ1v) is 12.8. The van der Waals surface area contributed by atoms with Crippen molar-refractivity contribution in [2.24, 2.45) is 0 Å². The average molecular weight is 664 g/mol. The number of hydrogen-bond acceptors (Lipinski definition) is 6.